The van der Waals surface area contributed by atoms with Crippen LogP contribution in [0.4, 0.5) is 17.2 Å². The first kappa shape index (κ1) is 12.2. The van der Waals surface area contributed by atoms with Crippen molar-refractivity contribution in [3.63, 3.8) is 0 Å². The molecule has 0 spiro atoms. The Morgan fingerprint density at radius 1 is 1.28 bits per heavy atom. The van der Waals surface area contributed by atoms with E-state index in [0.29, 0.717) is 18.1 Å². The molecule has 2 rings (SSSR count). The Labute approximate surface area is 107 Å². The molecule has 0 amide bonds. The summed E-state index contributed by atoms with van der Waals surface area (Å²) in [4.78, 5) is 4.28. The number of benzene rings is 1. The van der Waals surface area contributed by atoms with Crippen molar-refractivity contribution in [1.29, 1.82) is 0 Å². The highest BCUT2D eigenvalue weighted by atomic mass is 16.5. The van der Waals surface area contributed by atoms with Gasteiger partial charge in [0.15, 0.2) is 11.6 Å². The zero-order valence-corrected chi connectivity index (χ0v) is 10.4. The standard InChI is InChI=1S/C14H17N3O/c1-2-9-18-13-7-4-8-16-14(13)17-12-6-3-5-11(15)10-12/h3-8,10H,2,9,15H2,1H3,(H,16,17). The molecule has 94 valence electrons. The van der Waals surface area contributed by atoms with Gasteiger partial charge in [0.25, 0.3) is 0 Å². The van der Waals surface area contributed by atoms with E-state index in [4.69, 9.17) is 10.5 Å². The normalized spacial score (nSPS) is 10.1. The molecule has 0 unspecified atom stereocenters. The van der Waals surface area contributed by atoms with Crippen molar-refractivity contribution in [2.75, 3.05) is 17.7 Å². The molecular weight excluding hydrogens is 226 g/mol. The number of rotatable bonds is 5. The van der Waals surface area contributed by atoms with Crippen molar-refractivity contribution in [1.82, 2.24) is 4.98 Å². The summed E-state index contributed by atoms with van der Waals surface area (Å²) < 4.78 is 5.63. The molecule has 0 aliphatic heterocycles. The second-order valence-electron chi connectivity index (χ2n) is 3.95. The van der Waals surface area contributed by atoms with Gasteiger partial charge in [-0.3, -0.25) is 0 Å². The molecule has 0 radical (unpaired) electrons. The molecule has 0 bridgehead atoms. The van der Waals surface area contributed by atoms with Gasteiger partial charge in [0.1, 0.15) is 0 Å². The summed E-state index contributed by atoms with van der Waals surface area (Å²) in [6.07, 6.45) is 2.69. The molecule has 0 aliphatic carbocycles. The highest BCUT2D eigenvalue weighted by Crippen LogP contribution is 2.25. The topological polar surface area (TPSA) is 60.2 Å². The van der Waals surface area contributed by atoms with Gasteiger partial charge in [0, 0.05) is 17.6 Å². The summed E-state index contributed by atoms with van der Waals surface area (Å²) in [5, 5.41) is 3.21. The lowest BCUT2D eigenvalue weighted by Gasteiger charge is -2.11. The van der Waals surface area contributed by atoms with E-state index in [1.54, 1.807) is 6.20 Å². The molecule has 3 N–H and O–H groups in total. The van der Waals surface area contributed by atoms with Gasteiger partial charge in [-0.25, -0.2) is 4.98 Å². The second kappa shape index (κ2) is 5.91. The summed E-state index contributed by atoms with van der Waals surface area (Å²) in [7, 11) is 0. The minimum absolute atomic E-state index is 0.678. The third-order valence-corrected chi connectivity index (χ3v) is 2.38. The fourth-order valence-corrected chi connectivity index (χ4v) is 1.57. The summed E-state index contributed by atoms with van der Waals surface area (Å²) in [5.41, 5.74) is 7.35. The van der Waals surface area contributed by atoms with Gasteiger partial charge in [-0.05, 0) is 36.8 Å². The van der Waals surface area contributed by atoms with Crippen molar-refractivity contribution in [2.45, 2.75) is 13.3 Å². The van der Waals surface area contributed by atoms with E-state index in [2.05, 4.69) is 17.2 Å². The smallest absolute Gasteiger partial charge is 0.173 e. The molecule has 0 saturated carbocycles. The van der Waals surface area contributed by atoms with Crippen molar-refractivity contribution in [3.8, 4) is 5.75 Å². The van der Waals surface area contributed by atoms with Crippen LogP contribution in [0.5, 0.6) is 5.75 Å². The fourth-order valence-electron chi connectivity index (χ4n) is 1.57. The quantitative estimate of drug-likeness (QED) is 0.792. The van der Waals surface area contributed by atoms with Gasteiger partial charge in [-0.2, -0.15) is 0 Å². The minimum atomic E-state index is 0.678. The van der Waals surface area contributed by atoms with Gasteiger partial charge in [0.05, 0.1) is 6.61 Å². The maximum atomic E-state index is 5.74. The van der Waals surface area contributed by atoms with Gasteiger partial charge in [-0.15, -0.1) is 0 Å². The van der Waals surface area contributed by atoms with Crippen LogP contribution < -0.4 is 15.8 Å². The Balaban J connectivity index is 2.17. The third kappa shape index (κ3) is 3.13. The summed E-state index contributed by atoms with van der Waals surface area (Å²) >= 11 is 0. The van der Waals surface area contributed by atoms with E-state index in [-0.39, 0.29) is 0 Å². The number of pyridine rings is 1. The Morgan fingerprint density at radius 3 is 2.94 bits per heavy atom. The molecule has 0 fully saturated rings. The maximum Gasteiger partial charge on any atom is 0.173 e. The van der Waals surface area contributed by atoms with Gasteiger partial charge >= 0.3 is 0 Å². The van der Waals surface area contributed by atoms with Crippen LogP contribution in [-0.2, 0) is 0 Å². The predicted octanol–water partition coefficient (Wildman–Crippen LogP) is 3.20. The molecule has 2 aromatic rings. The average molecular weight is 243 g/mol. The zero-order chi connectivity index (χ0) is 12.8. The molecule has 4 heteroatoms. The van der Waals surface area contributed by atoms with Crippen molar-refractivity contribution in [3.05, 3.63) is 42.6 Å². The first-order valence-electron chi connectivity index (χ1n) is 6.00. The summed E-state index contributed by atoms with van der Waals surface area (Å²) in [6.45, 7) is 2.75. The number of hydrogen-bond donors (Lipinski definition) is 2. The zero-order valence-electron chi connectivity index (χ0n) is 10.4. The number of nitrogens with one attached hydrogen (secondary N) is 1. The largest absolute Gasteiger partial charge is 0.490 e. The van der Waals surface area contributed by atoms with E-state index in [1.807, 2.05) is 36.4 Å². The Bertz CT molecular complexity index is 514. The molecule has 1 aromatic heterocycles. The fraction of sp³-hybridized carbons (Fsp3) is 0.214. The van der Waals surface area contributed by atoms with Crippen LogP contribution in [0.3, 0.4) is 0 Å². The van der Waals surface area contributed by atoms with Crippen LogP contribution in [-0.4, -0.2) is 11.6 Å². The van der Waals surface area contributed by atoms with Crippen LogP contribution in [0.1, 0.15) is 13.3 Å². The lowest BCUT2D eigenvalue weighted by Crippen LogP contribution is -2.01. The molecule has 1 heterocycles. The SMILES string of the molecule is CCCOc1cccnc1Nc1cccc(N)c1. The summed E-state index contributed by atoms with van der Waals surface area (Å²) in [5.74, 6) is 1.46. The lowest BCUT2D eigenvalue weighted by molar-refractivity contribution is 0.318. The average Bonchev–Trinajstić information content (AvgIpc) is 2.38. The molecule has 4 nitrogen and oxygen atoms in total. The van der Waals surface area contributed by atoms with E-state index >= 15 is 0 Å². The number of hydrogen-bond acceptors (Lipinski definition) is 4. The van der Waals surface area contributed by atoms with Crippen molar-refractivity contribution in [2.24, 2.45) is 0 Å². The highest BCUT2D eigenvalue weighted by molar-refractivity contribution is 5.65. The van der Waals surface area contributed by atoms with E-state index in [9.17, 15) is 0 Å². The van der Waals surface area contributed by atoms with Crippen LogP contribution in [0.25, 0.3) is 0 Å². The molecule has 0 atom stereocenters. The first-order chi connectivity index (χ1) is 8.79. The second-order valence-corrected chi connectivity index (χ2v) is 3.95. The van der Waals surface area contributed by atoms with Crippen LogP contribution in [0.15, 0.2) is 42.6 Å². The Kier molecular flexibility index (Phi) is 4.02. The monoisotopic (exact) mass is 243 g/mol. The molecule has 0 aliphatic rings. The van der Waals surface area contributed by atoms with E-state index in [0.717, 1.165) is 17.9 Å². The molecular formula is C14H17N3O. The number of ether oxygens (including phenoxy) is 1. The molecule has 18 heavy (non-hydrogen) atoms. The molecule has 0 saturated heterocycles. The maximum absolute atomic E-state index is 5.74. The van der Waals surface area contributed by atoms with Gasteiger partial charge in [-0.1, -0.05) is 13.0 Å². The highest BCUT2D eigenvalue weighted by Gasteiger charge is 2.04. The lowest BCUT2D eigenvalue weighted by atomic mass is 10.3. The number of nitrogen functional groups attached to an aromatic ring is 1. The number of anilines is 3. The Hall–Kier alpha value is -2.23. The minimum Gasteiger partial charge on any atom is -0.490 e. The first-order valence-corrected chi connectivity index (χ1v) is 6.00. The van der Waals surface area contributed by atoms with Gasteiger partial charge in [0.2, 0.25) is 0 Å². The third-order valence-electron chi connectivity index (χ3n) is 2.38. The van der Waals surface area contributed by atoms with Crippen LogP contribution >= 0.6 is 0 Å². The number of aromatic nitrogens is 1. The summed E-state index contributed by atoms with van der Waals surface area (Å²) in [6, 6.07) is 11.3. The van der Waals surface area contributed by atoms with E-state index in [1.165, 1.54) is 0 Å². The van der Waals surface area contributed by atoms with Crippen molar-refractivity contribution < 1.29 is 4.74 Å². The van der Waals surface area contributed by atoms with Crippen LogP contribution in [0.2, 0.25) is 0 Å². The van der Waals surface area contributed by atoms with E-state index < -0.39 is 0 Å². The van der Waals surface area contributed by atoms with Crippen molar-refractivity contribution >= 4 is 17.2 Å². The number of nitrogens with two attached hydrogens (primary N) is 1. The van der Waals surface area contributed by atoms with Gasteiger partial charge < -0.3 is 15.8 Å². The number of nitrogens with zero attached hydrogens (tertiary/aromatic N) is 1. The van der Waals surface area contributed by atoms with Crippen LogP contribution in [0, 0.1) is 0 Å². The molecule has 1 aromatic carbocycles. The predicted molar refractivity (Wildman–Crippen MR) is 74.2 cm³/mol. The Morgan fingerprint density at radius 2 is 2.17 bits per heavy atom.